The van der Waals surface area contributed by atoms with Crippen LogP contribution < -0.4 is 10.1 Å². The minimum absolute atomic E-state index is 0.110. The fraction of sp³-hybridized carbons (Fsp3) is 0.600. The molecule has 0 unspecified atom stereocenters. The lowest BCUT2D eigenvalue weighted by molar-refractivity contribution is -0.0498. The smallest absolute Gasteiger partial charge is 0.387 e. The average molecular weight is 383 g/mol. The fourth-order valence-electron chi connectivity index (χ4n) is 2.69. The first-order chi connectivity index (χ1) is 9.95. The highest BCUT2D eigenvalue weighted by Crippen LogP contribution is 2.38. The van der Waals surface area contributed by atoms with Gasteiger partial charge in [-0.2, -0.15) is 8.78 Å². The Kier molecular flexibility index (Phi) is 6.11. The molecule has 1 N–H and O–H groups in total. The first-order valence-corrected chi connectivity index (χ1v) is 8.30. The molecule has 1 saturated carbocycles. The van der Waals surface area contributed by atoms with Crippen molar-refractivity contribution in [3.8, 4) is 5.75 Å². The Morgan fingerprint density at radius 1 is 1.33 bits per heavy atom. The molecule has 21 heavy (non-hydrogen) atoms. The number of nitrogens with one attached hydrogen (secondary N) is 1. The first kappa shape index (κ1) is 16.8. The van der Waals surface area contributed by atoms with Crippen molar-refractivity contribution in [2.75, 3.05) is 11.9 Å². The van der Waals surface area contributed by atoms with Crippen LogP contribution in [0.1, 0.15) is 32.6 Å². The second kappa shape index (κ2) is 7.63. The normalized spacial score (nSPS) is 22.4. The monoisotopic (exact) mass is 381 g/mol. The van der Waals surface area contributed by atoms with Gasteiger partial charge in [-0.1, -0.05) is 31.4 Å². The summed E-state index contributed by atoms with van der Waals surface area (Å²) in [4.78, 5) is 0. The van der Waals surface area contributed by atoms with E-state index in [0.29, 0.717) is 21.1 Å². The van der Waals surface area contributed by atoms with E-state index in [0.717, 1.165) is 12.5 Å². The third kappa shape index (κ3) is 4.99. The van der Waals surface area contributed by atoms with E-state index in [2.05, 4.69) is 32.9 Å². The number of anilines is 1. The third-order valence-corrected chi connectivity index (χ3v) is 4.74. The molecule has 6 heteroatoms. The van der Waals surface area contributed by atoms with Crippen molar-refractivity contribution in [1.82, 2.24) is 0 Å². The van der Waals surface area contributed by atoms with Gasteiger partial charge in [-0.3, -0.25) is 0 Å². The van der Waals surface area contributed by atoms with Gasteiger partial charge in [-0.05, 0) is 52.7 Å². The molecule has 0 aromatic heterocycles. The van der Waals surface area contributed by atoms with Gasteiger partial charge >= 0.3 is 6.61 Å². The number of ether oxygens (including phenoxy) is 1. The average Bonchev–Trinajstić information content (AvgIpc) is 2.41. The van der Waals surface area contributed by atoms with E-state index in [1.54, 1.807) is 12.1 Å². The topological polar surface area (TPSA) is 21.3 Å². The Morgan fingerprint density at radius 3 is 2.62 bits per heavy atom. The highest BCUT2D eigenvalue weighted by atomic mass is 79.9. The molecule has 2 nitrogen and oxygen atoms in total. The Hall–Kier alpha value is -0.550. The lowest BCUT2D eigenvalue weighted by Gasteiger charge is -2.27. The van der Waals surface area contributed by atoms with Gasteiger partial charge in [-0.25, -0.2) is 0 Å². The molecule has 1 fully saturated rings. The Bertz CT molecular complexity index is 479. The molecule has 0 aliphatic heterocycles. The van der Waals surface area contributed by atoms with Crippen molar-refractivity contribution >= 4 is 33.2 Å². The van der Waals surface area contributed by atoms with Gasteiger partial charge in [0.15, 0.2) is 5.75 Å². The molecule has 2 rings (SSSR count). The van der Waals surface area contributed by atoms with Crippen molar-refractivity contribution < 1.29 is 13.5 Å². The van der Waals surface area contributed by atoms with E-state index in [1.165, 1.54) is 25.7 Å². The highest BCUT2D eigenvalue weighted by Gasteiger charge is 2.20. The van der Waals surface area contributed by atoms with Crippen LogP contribution >= 0.6 is 27.5 Å². The van der Waals surface area contributed by atoms with Gasteiger partial charge in [0.2, 0.25) is 0 Å². The first-order valence-electron chi connectivity index (χ1n) is 7.13. The maximum Gasteiger partial charge on any atom is 0.387 e. The maximum absolute atomic E-state index is 12.5. The van der Waals surface area contributed by atoms with Crippen LogP contribution in [0.25, 0.3) is 0 Å². The SMILES string of the molecule is CC1CCC(CNc2cc(Cl)cc(Br)c2OC(F)F)CC1. The predicted molar refractivity (Wildman–Crippen MR) is 85.4 cm³/mol. The van der Waals surface area contributed by atoms with Crippen molar-refractivity contribution in [3.05, 3.63) is 21.6 Å². The zero-order chi connectivity index (χ0) is 15.4. The van der Waals surface area contributed by atoms with Crippen LogP contribution in [0.2, 0.25) is 5.02 Å². The summed E-state index contributed by atoms with van der Waals surface area (Å²) in [6, 6.07) is 3.17. The van der Waals surface area contributed by atoms with E-state index < -0.39 is 6.61 Å². The molecule has 1 aromatic carbocycles. The molecule has 0 radical (unpaired) electrons. The van der Waals surface area contributed by atoms with Gasteiger partial charge in [-0.15, -0.1) is 0 Å². The quantitative estimate of drug-likeness (QED) is 0.680. The number of alkyl halides is 2. The van der Waals surface area contributed by atoms with Crippen molar-refractivity contribution in [2.24, 2.45) is 11.8 Å². The van der Waals surface area contributed by atoms with Crippen LogP contribution in [0, 0.1) is 11.8 Å². The largest absolute Gasteiger partial charge is 0.431 e. The lowest BCUT2D eigenvalue weighted by atomic mass is 9.83. The summed E-state index contributed by atoms with van der Waals surface area (Å²) >= 11 is 9.20. The zero-order valence-corrected chi connectivity index (χ0v) is 14.2. The van der Waals surface area contributed by atoms with Gasteiger partial charge in [0.25, 0.3) is 0 Å². The number of halogens is 4. The van der Waals surface area contributed by atoms with E-state index in [-0.39, 0.29) is 5.75 Å². The minimum Gasteiger partial charge on any atom is -0.431 e. The Balaban J connectivity index is 2.04. The van der Waals surface area contributed by atoms with Crippen LogP contribution in [0.3, 0.4) is 0 Å². The van der Waals surface area contributed by atoms with Gasteiger partial charge in [0.1, 0.15) is 0 Å². The minimum atomic E-state index is -2.86. The van der Waals surface area contributed by atoms with E-state index in [9.17, 15) is 8.78 Å². The van der Waals surface area contributed by atoms with Crippen LogP contribution in [-0.2, 0) is 0 Å². The molecule has 0 atom stereocenters. The highest BCUT2D eigenvalue weighted by molar-refractivity contribution is 9.10. The summed E-state index contributed by atoms with van der Waals surface area (Å²) in [5.41, 5.74) is 0.508. The summed E-state index contributed by atoms with van der Waals surface area (Å²) in [5.74, 6) is 1.47. The Morgan fingerprint density at radius 2 is 2.00 bits per heavy atom. The summed E-state index contributed by atoms with van der Waals surface area (Å²) in [5, 5.41) is 3.69. The number of hydrogen-bond acceptors (Lipinski definition) is 2. The molecule has 1 aliphatic rings. The maximum atomic E-state index is 12.5. The van der Waals surface area contributed by atoms with Gasteiger partial charge < -0.3 is 10.1 Å². The molecule has 0 saturated heterocycles. The number of hydrogen-bond donors (Lipinski definition) is 1. The van der Waals surface area contributed by atoms with Crippen LogP contribution in [-0.4, -0.2) is 13.2 Å². The third-order valence-electron chi connectivity index (χ3n) is 3.93. The predicted octanol–water partition coefficient (Wildman–Crippen LogP) is 5.94. The van der Waals surface area contributed by atoms with Crippen molar-refractivity contribution in [2.45, 2.75) is 39.2 Å². The van der Waals surface area contributed by atoms with Crippen LogP contribution in [0.15, 0.2) is 16.6 Å². The van der Waals surface area contributed by atoms with Gasteiger partial charge in [0, 0.05) is 11.6 Å². The molecule has 0 amide bonds. The van der Waals surface area contributed by atoms with Crippen molar-refractivity contribution in [3.63, 3.8) is 0 Å². The molecule has 118 valence electrons. The molecular formula is C15H19BrClF2NO. The van der Waals surface area contributed by atoms with E-state index in [1.807, 2.05) is 0 Å². The van der Waals surface area contributed by atoms with Crippen molar-refractivity contribution in [1.29, 1.82) is 0 Å². The summed E-state index contributed by atoms with van der Waals surface area (Å²) in [6.45, 7) is 0.157. The number of rotatable bonds is 5. The van der Waals surface area contributed by atoms with Crippen LogP contribution in [0.5, 0.6) is 5.75 Å². The molecule has 1 aromatic rings. The number of benzene rings is 1. The molecular weight excluding hydrogens is 364 g/mol. The van der Waals surface area contributed by atoms with E-state index >= 15 is 0 Å². The fourth-order valence-corrected chi connectivity index (χ4v) is 3.59. The summed E-state index contributed by atoms with van der Waals surface area (Å²) in [6.07, 6.45) is 4.79. The summed E-state index contributed by atoms with van der Waals surface area (Å²) < 4.78 is 30.0. The van der Waals surface area contributed by atoms with Gasteiger partial charge in [0.05, 0.1) is 10.2 Å². The van der Waals surface area contributed by atoms with Crippen LogP contribution in [0.4, 0.5) is 14.5 Å². The molecule has 0 spiro atoms. The summed E-state index contributed by atoms with van der Waals surface area (Å²) in [7, 11) is 0. The molecule has 1 aliphatic carbocycles. The molecule has 0 bridgehead atoms. The zero-order valence-electron chi connectivity index (χ0n) is 11.8. The Labute approximate surface area is 137 Å². The lowest BCUT2D eigenvalue weighted by Crippen LogP contribution is -2.20. The van der Waals surface area contributed by atoms with E-state index in [4.69, 9.17) is 11.6 Å². The standard InChI is InChI=1S/C15H19BrClF2NO/c1-9-2-4-10(5-3-9)8-20-13-7-11(17)6-12(16)14(13)21-15(18)19/h6-7,9-10,15,20H,2-5,8H2,1H3. The second-order valence-corrected chi connectivity index (χ2v) is 6.94. The second-order valence-electron chi connectivity index (χ2n) is 5.65. The molecule has 0 heterocycles.